The minimum absolute atomic E-state index is 0.0285. The number of carboxylic acid groups (broad SMARTS) is 1. The highest BCUT2D eigenvalue weighted by molar-refractivity contribution is 5.92. The van der Waals surface area contributed by atoms with Crippen molar-refractivity contribution in [1.82, 2.24) is 5.32 Å². The van der Waals surface area contributed by atoms with Crippen LogP contribution in [0.5, 0.6) is 0 Å². The molecule has 0 saturated carbocycles. The van der Waals surface area contributed by atoms with Gasteiger partial charge >= 0.3 is 5.97 Å². The van der Waals surface area contributed by atoms with Crippen molar-refractivity contribution < 1.29 is 23.5 Å². The van der Waals surface area contributed by atoms with Crippen LogP contribution in [-0.2, 0) is 4.79 Å². The molecule has 2 rings (SSSR count). The Morgan fingerprint density at radius 2 is 1.85 bits per heavy atom. The van der Waals surface area contributed by atoms with E-state index in [4.69, 9.17) is 9.52 Å². The van der Waals surface area contributed by atoms with Crippen LogP contribution in [0.3, 0.4) is 0 Å². The lowest BCUT2D eigenvalue weighted by molar-refractivity contribution is -0.136. The molecule has 1 aromatic heterocycles. The summed E-state index contributed by atoms with van der Waals surface area (Å²) < 4.78 is 18.1. The number of rotatable bonds is 5. The Labute approximate surface area is 114 Å². The molecule has 2 N–H and O–H groups in total. The first-order chi connectivity index (χ1) is 9.56. The summed E-state index contributed by atoms with van der Waals surface area (Å²) in [5.41, 5.74) is 0.649. The van der Waals surface area contributed by atoms with Gasteiger partial charge in [-0.2, -0.15) is 0 Å². The summed E-state index contributed by atoms with van der Waals surface area (Å²) in [5, 5.41) is 10.9. The summed E-state index contributed by atoms with van der Waals surface area (Å²) in [7, 11) is 0. The van der Waals surface area contributed by atoms with Gasteiger partial charge in [0.2, 0.25) is 0 Å². The molecule has 1 aromatic carbocycles. The van der Waals surface area contributed by atoms with Gasteiger partial charge in [-0.25, -0.2) is 4.39 Å². The van der Waals surface area contributed by atoms with E-state index in [2.05, 4.69) is 5.32 Å². The zero-order valence-corrected chi connectivity index (χ0v) is 10.4. The smallest absolute Gasteiger partial charge is 0.305 e. The second-order valence-electron chi connectivity index (χ2n) is 4.07. The number of carboxylic acids is 1. The molecule has 6 heteroatoms. The van der Waals surface area contributed by atoms with Crippen molar-refractivity contribution >= 4 is 11.9 Å². The minimum Gasteiger partial charge on any atom is -0.481 e. The highest BCUT2D eigenvalue weighted by Crippen LogP contribution is 2.22. The summed E-state index contributed by atoms with van der Waals surface area (Å²) in [6.45, 7) is 0.0285. The SMILES string of the molecule is O=C(O)CCNC(=O)c1ccc(-c2ccc(F)cc2)o1. The fraction of sp³-hybridized carbons (Fsp3) is 0.143. The first kappa shape index (κ1) is 13.8. The lowest BCUT2D eigenvalue weighted by atomic mass is 10.2. The quantitative estimate of drug-likeness (QED) is 0.878. The first-order valence-electron chi connectivity index (χ1n) is 5.92. The molecule has 104 valence electrons. The maximum Gasteiger partial charge on any atom is 0.305 e. The summed E-state index contributed by atoms with van der Waals surface area (Å²) in [5.74, 6) is -1.31. The molecule has 1 amide bonds. The van der Waals surface area contributed by atoms with E-state index in [0.29, 0.717) is 11.3 Å². The van der Waals surface area contributed by atoms with Gasteiger partial charge < -0.3 is 14.8 Å². The highest BCUT2D eigenvalue weighted by atomic mass is 19.1. The standard InChI is InChI=1S/C14H12FNO4/c15-10-3-1-9(2-4-10)11-5-6-12(20-11)14(19)16-8-7-13(17)18/h1-6H,7-8H2,(H,16,19)(H,17,18). The molecule has 0 bridgehead atoms. The minimum atomic E-state index is -0.989. The summed E-state index contributed by atoms with van der Waals surface area (Å²) >= 11 is 0. The van der Waals surface area contributed by atoms with E-state index < -0.39 is 11.9 Å². The molecule has 5 nitrogen and oxygen atoms in total. The van der Waals surface area contributed by atoms with Gasteiger partial charge in [-0.3, -0.25) is 9.59 Å². The van der Waals surface area contributed by atoms with Crippen LogP contribution in [0, 0.1) is 5.82 Å². The molecular weight excluding hydrogens is 265 g/mol. The Morgan fingerprint density at radius 1 is 1.15 bits per heavy atom. The van der Waals surface area contributed by atoms with Crippen molar-refractivity contribution in [2.75, 3.05) is 6.54 Å². The average Bonchev–Trinajstić information content (AvgIpc) is 2.88. The Morgan fingerprint density at radius 3 is 2.50 bits per heavy atom. The normalized spacial score (nSPS) is 10.2. The lowest BCUT2D eigenvalue weighted by Gasteiger charge is -2.00. The van der Waals surface area contributed by atoms with E-state index >= 15 is 0 Å². The number of aliphatic carboxylic acids is 1. The second-order valence-corrected chi connectivity index (χ2v) is 4.07. The maximum absolute atomic E-state index is 12.8. The molecule has 1 heterocycles. The van der Waals surface area contributed by atoms with Crippen LogP contribution in [0.1, 0.15) is 17.0 Å². The largest absolute Gasteiger partial charge is 0.481 e. The number of nitrogens with one attached hydrogen (secondary N) is 1. The van der Waals surface area contributed by atoms with Crippen LogP contribution in [0.15, 0.2) is 40.8 Å². The molecule has 0 unspecified atom stereocenters. The van der Waals surface area contributed by atoms with E-state index in [1.54, 1.807) is 18.2 Å². The van der Waals surface area contributed by atoms with E-state index in [9.17, 15) is 14.0 Å². The molecule has 0 aliphatic heterocycles. The number of carbonyl (C=O) groups excluding carboxylic acids is 1. The number of benzene rings is 1. The van der Waals surface area contributed by atoms with Crippen LogP contribution in [-0.4, -0.2) is 23.5 Å². The van der Waals surface area contributed by atoms with Crippen molar-refractivity contribution in [3.8, 4) is 11.3 Å². The number of halogens is 1. The van der Waals surface area contributed by atoms with E-state index in [0.717, 1.165) is 0 Å². The van der Waals surface area contributed by atoms with Crippen LogP contribution in [0.25, 0.3) is 11.3 Å². The fourth-order valence-corrected chi connectivity index (χ4v) is 1.60. The van der Waals surface area contributed by atoms with Gasteiger partial charge in [-0.05, 0) is 36.4 Å². The van der Waals surface area contributed by atoms with Crippen LogP contribution >= 0.6 is 0 Å². The van der Waals surface area contributed by atoms with Crippen molar-refractivity contribution in [3.63, 3.8) is 0 Å². The monoisotopic (exact) mass is 277 g/mol. The summed E-state index contributed by atoms with van der Waals surface area (Å²) in [4.78, 5) is 22.0. The fourth-order valence-electron chi connectivity index (χ4n) is 1.60. The molecule has 0 atom stereocenters. The van der Waals surface area contributed by atoms with Gasteiger partial charge in [0.25, 0.3) is 5.91 Å². The molecular formula is C14H12FNO4. The first-order valence-corrected chi connectivity index (χ1v) is 5.92. The van der Waals surface area contributed by atoms with Gasteiger partial charge in [0.05, 0.1) is 6.42 Å². The van der Waals surface area contributed by atoms with Crippen LogP contribution in [0.4, 0.5) is 4.39 Å². The van der Waals surface area contributed by atoms with Crippen molar-refractivity contribution in [2.24, 2.45) is 0 Å². The third-order valence-electron chi connectivity index (χ3n) is 2.58. The number of furan rings is 1. The van der Waals surface area contributed by atoms with Crippen molar-refractivity contribution in [1.29, 1.82) is 0 Å². The Hall–Kier alpha value is -2.63. The molecule has 0 spiro atoms. The predicted molar refractivity (Wildman–Crippen MR) is 68.7 cm³/mol. The lowest BCUT2D eigenvalue weighted by Crippen LogP contribution is -2.25. The Bertz CT molecular complexity index is 618. The topological polar surface area (TPSA) is 79.5 Å². The molecule has 0 fully saturated rings. The van der Waals surface area contributed by atoms with E-state index in [-0.39, 0.29) is 24.5 Å². The van der Waals surface area contributed by atoms with Crippen LogP contribution in [0.2, 0.25) is 0 Å². The summed E-state index contributed by atoms with van der Waals surface area (Å²) in [6.07, 6.45) is -0.155. The number of hydrogen-bond donors (Lipinski definition) is 2. The summed E-state index contributed by atoms with van der Waals surface area (Å²) in [6, 6.07) is 8.75. The third kappa shape index (κ3) is 3.44. The van der Waals surface area contributed by atoms with Gasteiger partial charge in [-0.15, -0.1) is 0 Å². The molecule has 20 heavy (non-hydrogen) atoms. The number of amides is 1. The van der Waals surface area contributed by atoms with Crippen molar-refractivity contribution in [3.05, 3.63) is 48.0 Å². The molecule has 0 aliphatic rings. The molecule has 2 aromatic rings. The van der Waals surface area contributed by atoms with Crippen LogP contribution < -0.4 is 5.32 Å². The predicted octanol–water partition coefficient (Wildman–Crippen LogP) is 2.29. The average molecular weight is 277 g/mol. The molecule has 0 saturated heterocycles. The molecule has 0 aliphatic carbocycles. The van der Waals surface area contributed by atoms with Crippen molar-refractivity contribution in [2.45, 2.75) is 6.42 Å². The third-order valence-corrected chi connectivity index (χ3v) is 2.58. The number of hydrogen-bond acceptors (Lipinski definition) is 3. The molecule has 0 radical (unpaired) electrons. The van der Waals surface area contributed by atoms with Gasteiger partial charge in [0.15, 0.2) is 5.76 Å². The van der Waals surface area contributed by atoms with Gasteiger partial charge in [0.1, 0.15) is 11.6 Å². The Kier molecular flexibility index (Phi) is 4.14. The van der Waals surface area contributed by atoms with Gasteiger partial charge in [0, 0.05) is 12.1 Å². The second kappa shape index (κ2) is 6.01. The Balaban J connectivity index is 2.03. The zero-order valence-electron chi connectivity index (χ0n) is 10.4. The van der Waals surface area contributed by atoms with E-state index in [1.807, 2.05) is 0 Å². The maximum atomic E-state index is 12.8. The van der Waals surface area contributed by atoms with Gasteiger partial charge in [-0.1, -0.05) is 0 Å². The zero-order chi connectivity index (χ0) is 14.5. The van der Waals surface area contributed by atoms with E-state index in [1.165, 1.54) is 18.2 Å². The highest BCUT2D eigenvalue weighted by Gasteiger charge is 2.12. The number of carbonyl (C=O) groups is 2.